The van der Waals surface area contributed by atoms with Crippen LogP contribution in [0.25, 0.3) is 11.6 Å². The fraction of sp³-hybridized carbons (Fsp3) is 0.389. The fourth-order valence-corrected chi connectivity index (χ4v) is 3.20. The van der Waals surface area contributed by atoms with Crippen LogP contribution >= 0.6 is 35.3 Å². The van der Waals surface area contributed by atoms with E-state index in [1.54, 1.807) is 18.3 Å². The minimum absolute atomic E-state index is 0. The second-order valence-electron chi connectivity index (χ2n) is 6.04. The van der Waals surface area contributed by atoms with Crippen LogP contribution in [-0.2, 0) is 19.0 Å². The number of guanidine groups is 1. The highest BCUT2D eigenvalue weighted by atomic mass is 127. The third-order valence-corrected chi connectivity index (χ3v) is 4.68. The van der Waals surface area contributed by atoms with E-state index in [-0.39, 0.29) is 24.0 Å². The molecule has 0 unspecified atom stereocenters. The Morgan fingerprint density at radius 3 is 2.71 bits per heavy atom. The number of nitrogens with one attached hydrogen (secondary N) is 2. The van der Waals surface area contributed by atoms with Crippen LogP contribution in [0.5, 0.6) is 0 Å². The normalized spacial score (nSPS) is 11.8. The number of halogens is 4. The maximum absolute atomic E-state index is 12.6. The Morgan fingerprint density at radius 1 is 1.19 bits per heavy atom. The van der Waals surface area contributed by atoms with Crippen molar-refractivity contribution >= 4 is 41.3 Å². The lowest BCUT2D eigenvalue weighted by Gasteiger charge is -2.10. The van der Waals surface area contributed by atoms with E-state index in [1.807, 2.05) is 13.0 Å². The van der Waals surface area contributed by atoms with Crippen molar-refractivity contribution in [2.75, 3.05) is 19.6 Å². The number of thiazole rings is 1. The summed E-state index contributed by atoms with van der Waals surface area (Å²) in [5.74, 6) is 1.44. The zero-order valence-corrected chi connectivity index (χ0v) is 19.7. The van der Waals surface area contributed by atoms with Gasteiger partial charge in [0.15, 0.2) is 17.5 Å². The van der Waals surface area contributed by atoms with Crippen molar-refractivity contribution in [1.29, 1.82) is 0 Å². The molecule has 0 bridgehead atoms. The molecule has 3 aromatic rings. The summed E-state index contributed by atoms with van der Waals surface area (Å²) < 4.78 is 43.0. The molecule has 13 heteroatoms. The molecule has 3 aromatic heterocycles. The van der Waals surface area contributed by atoms with Crippen LogP contribution in [0, 0.1) is 0 Å². The molecule has 0 aromatic carbocycles. The van der Waals surface area contributed by atoms with Gasteiger partial charge in [0.05, 0.1) is 5.01 Å². The van der Waals surface area contributed by atoms with Gasteiger partial charge in [0, 0.05) is 44.1 Å². The SMILES string of the molecule is CCNC(=NCCc1nc(C(F)(F)F)cs1)NCCc1noc(-c2ccccn2)n1.I. The molecule has 168 valence electrons. The molecule has 2 N–H and O–H groups in total. The molecule has 31 heavy (non-hydrogen) atoms. The molecule has 0 spiro atoms. The van der Waals surface area contributed by atoms with E-state index >= 15 is 0 Å². The molecular weight excluding hydrogens is 546 g/mol. The van der Waals surface area contributed by atoms with Gasteiger partial charge in [0.25, 0.3) is 5.89 Å². The highest BCUT2D eigenvalue weighted by molar-refractivity contribution is 14.0. The fourth-order valence-electron chi connectivity index (χ4n) is 2.40. The van der Waals surface area contributed by atoms with Crippen LogP contribution in [0.4, 0.5) is 13.2 Å². The third-order valence-electron chi connectivity index (χ3n) is 3.78. The van der Waals surface area contributed by atoms with Crippen molar-refractivity contribution in [3.05, 3.63) is 46.3 Å². The highest BCUT2D eigenvalue weighted by Gasteiger charge is 2.33. The van der Waals surface area contributed by atoms with Gasteiger partial charge >= 0.3 is 6.18 Å². The zero-order valence-electron chi connectivity index (χ0n) is 16.5. The van der Waals surface area contributed by atoms with Gasteiger partial charge in [-0.15, -0.1) is 35.3 Å². The Morgan fingerprint density at radius 2 is 2.03 bits per heavy atom. The molecule has 8 nitrogen and oxygen atoms in total. The molecular formula is C18H21F3IN7OS. The monoisotopic (exact) mass is 567 g/mol. The van der Waals surface area contributed by atoms with E-state index in [4.69, 9.17) is 4.52 Å². The Labute approximate surface area is 197 Å². The first-order valence-electron chi connectivity index (χ1n) is 9.23. The van der Waals surface area contributed by atoms with E-state index in [9.17, 15) is 13.2 Å². The number of hydrogen-bond acceptors (Lipinski definition) is 7. The number of nitrogens with zero attached hydrogens (tertiary/aromatic N) is 5. The standard InChI is InChI=1S/C18H20F3N7OS.HI/c1-2-22-17(25-10-7-15-26-13(11-30-15)18(19,20)21)24-9-6-14-27-16(29-28-14)12-5-3-4-8-23-12;/h3-5,8,11H,2,6-7,9-10H2,1H3,(H2,22,24,25);1H. The van der Waals surface area contributed by atoms with Gasteiger partial charge in [-0.3, -0.25) is 9.98 Å². The summed E-state index contributed by atoms with van der Waals surface area (Å²) in [6.07, 6.45) is -1.94. The molecule has 0 radical (unpaired) electrons. The van der Waals surface area contributed by atoms with Gasteiger partial charge in [-0.25, -0.2) is 4.98 Å². The van der Waals surface area contributed by atoms with Gasteiger partial charge in [0.2, 0.25) is 0 Å². The minimum atomic E-state index is -4.42. The van der Waals surface area contributed by atoms with Crippen molar-refractivity contribution in [3.8, 4) is 11.6 Å². The summed E-state index contributed by atoms with van der Waals surface area (Å²) >= 11 is 0.984. The van der Waals surface area contributed by atoms with E-state index in [0.717, 1.165) is 16.7 Å². The second-order valence-corrected chi connectivity index (χ2v) is 6.99. The lowest BCUT2D eigenvalue weighted by atomic mass is 10.3. The molecule has 0 aliphatic heterocycles. The Hall–Kier alpha value is -2.29. The van der Waals surface area contributed by atoms with Crippen molar-refractivity contribution in [3.63, 3.8) is 0 Å². The number of alkyl halides is 3. The smallest absolute Gasteiger partial charge is 0.357 e. The molecule has 0 amide bonds. The van der Waals surface area contributed by atoms with Crippen molar-refractivity contribution < 1.29 is 17.7 Å². The van der Waals surface area contributed by atoms with Crippen LogP contribution < -0.4 is 10.6 Å². The Kier molecular flexibility index (Phi) is 9.61. The summed E-state index contributed by atoms with van der Waals surface area (Å²) in [7, 11) is 0. The van der Waals surface area contributed by atoms with E-state index in [1.165, 1.54) is 0 Å². The molecule has 0 fully saturated rings. The van der Waals surface area contributed by atoms with Gasteiger partial charge in [-0.05, 0) is 19.1 Å². The predicted molar refractivity (Wildman–Crippen MR) is 121 cm³/mol. The molecule has 0 atom stereocenters. The lowest BCUT2D eigenvalue weighted by Crippen LogP contribution is -2.38. The van der Waals surface area contributed by atoms with Gasteiger partial charge in [-0.1, -0.05) is 11.2 Å². The van der Waals surface area contributed by atoms with Crippen LogP contribution in [-0.4, -0.2) is 45.7 Å². The topological polar surface area (TPSA) is 101 Å². The zero-order chi connectivity index (χ0) is 21.4. The summed E-state index contributed by atoms with van der Waals surface area (Å²) in [5.41, 5.74) is -0.253. The number of pyridine rings is 1. The van der Waals surface area contributed by atoms with Crippen molar-refractivity contribution in [2.24, 2.45) is 4.99 Å². The van der Waals surface area contributed by atoms with Gasteiger partial charge in [0.1, 0.15) is 5.69 Å². The second kappa shape index (κ2) is 11.9. The molecule has 0 saturated carbocycles. The molecule has 3 heterocycles. The first-order valence-corrected chi connectivity index (χ1v) is 10.1. The molecule has 3 rings (SSSR count). The summed E-state index contributed by atoms with van der Waals surface area (Å²) in [4.78, 5) is 16.4. The predicted octanol–water partition coefficient (Wildman–Crippen LogP) is 3.57. The maximum atomic E-state index is 12.6. The van der Waals surface area contributed by atoms with Crippen LogP contribution in [0.3, 0.4) is 0 Å². The summed E-state index contributed by atoms with van der Waals surface area (Å²) in [5, 5.41) is 11.6. The van der Waals surface area contributed by atoms with Crippen LogP contribution in [0.2, 0.25) is 0 Å². The van der Waals surface area contributed by atoms with E-state index in [2.05, 4.69) is 35.7 Å². The summed E-state index contributed by atoms with van der Waals surface area (Å²) in [6, 6.07) is 5.42. The average Bonchev–Trinajstić information content (AvgIpc) is 3.38. The van der Waals surface area contributed by atoms with Crippen LogP contribution in [0.1, 0.15) is 23.4 Å². The average molecular weight is 567 g/mol. The first-order chi connectivity index (χ1) is 14.5. The Bertz CT molecular complexity index is 962. The molecule has 0 aliphatic rings. The van der Waals surface area contributed by atoms with Crippen molar-refractivity contribution in [1.82, 2.24) is 30.7 Å². The maximum Gasteiger partial charge on any atom is 0.434 e. The number of rotatable bonds is 8. The largest absolute Gasteiger partial charge is 0.434 e. The Balaban J connectivity index is 0.00000341. The minimum Gasteiger partial charge on any atom is -0.357 e. The number of hydrogen-bond donors (Lipinski definition) is 2. The van der Waals surface area contributed by atoms with Crippen molar-refractivity contribution in [2.45, 2.75) is 25.9 Å². The lowest BCUT2D eigenvalue weighted by molar-refractivity contribution is -0.140. The number of aliphatic imine (C=N–C) groups is 1. The molecule has 0 saturated heterocycles. The summed E-state index contributed by atoms with van der Waals surface area (Å²) in [6.45, 7) is 3.38. The molecule has 0 aliphatic carbocycles. The number of aromatic nitrogens is 4. The van der Waals surface area contributed by atoms with Gasteiger partial charge in [-0.2, -0.15) is 18.2 Å². The first kappa shape index (κ1) is 25.0. The van der Waals surface area contributed by atoms with E-state index in [0.29, 0.717) is 60.9 Å². The van der Waals surface area contributed by atoms with Gasteiger partial charge < -0.3 is 15.2 Å². The van der Waals surface area contributed by atoms with E-state index < -0.39 is 11.9 Å². The van der Waals surface area contributed by atoms with Crippen LogP contribution in [0.15, 0.2) is 39.3 Å². The third kappa shape index (κ3) is 7.72. The highest BCUT2D eigenvalue weighted by Crippen LogP contribution is 2.30. The quantitative estimate of drug-likeness (QED) is 0.244.